The van der Waals surface area contributed by atoms with Gasteiger partial charge in [0.25, 0.3) is 0 Å². The Morgan fingerprint density at radius 3 is 2.94 bits per heavy atom. The summed E-state index contributed by atoms with van der Waals surface area (Å²) in [5, 5.41) is 4.21. The maximum Gasteiger partial charge on any atom is 0.168 e. The standard InChI is InChI=1S/C15H18N2O/c1-3-16-9-11(2)15(18)13-8-12-6-4-5-7-14(12)17-10-13/h4-8,10-11,16H,3,9H2,1-2H3. The molecule has 0 amide bonds. The van der Waals surface area contributed by atoms with Crippen molar-refractivity contribution in [3.8, 4) is 0 Å². The predicted octanol–water partition coefficient (Wildman–Crippen LogP) is 2.66. The zero-order valence-electron chi connectivity index (χ0n) is 10.8. The lowest BCUT2D eigenvalue weighted by Gasteiger charge is -2.10. The predicted molar refractivity (Wildman–Crippen MR) is 73.8 cm³/mol. The van der Waals surface area contributed by atoms with Crippen LogP contribution < -0.4 is 5.32 Å². The largest absolute Gasteiger partial charge is 0.316 e. The molecule has 2 aromatic rings. The molecule has 0 saturated carbocycles. The number of para-hydroxylation sites is 1. The Morgan fingerprint density at radius 1 is 1.39 bits per heavy atom. The molecule has 1 atom stereocenters. The van der Waals surface area contributed by atoms with Crippen LogP contribution in [0.3, 0.4) is 0 Å². The van der Waals surface area contributed by atoms with Crippen LogP contribution >= 0.6 is 0 Å². The van der Waals surface area contributed by atoms with Crippen LogP contribution in [-0.2, 0) is 0 Å². The van der Waals surface area contributed by atoms with Crippen molar-refractivity contribution in [2.45, 2.75) is 13.8 Å². The van der Waals surface area contributed by atoms with Crippen LogP contribution in [0.1, 0.15) is 24.2 Å². The number of pyridine rings is 1. The zero-order valence-corrected chi connectivity index (χ0v) is 10.8. The van der Waals surface area contributed by atoms with Gasteiger partial charge >= 0.3 is 0 Å². The summed E-state index contributed by atoms with van der Waals surface area (Å²) < 4.78 is 0. The molecule has 0 fully saturated rings. The Balaban J connectivity index is 2.22. The molecular formula is C15H18N2O. The molecule has 1 aromatic heterocycles. The van der Waals surface area contributed by atoms with Crippen molar-refractivity contribution in [2.24, 2.45) is 5.92 Å². The molecule has 0 spiro atoms. The van der Waals surface area contributed by atoms with Crippen molar-refractivity contribution in [1.82, 2.24) is 10.3 Å². The number of carbonyl (C=O) groups excluding carboxylic acids is 1. The molecular weight excluding hydrogens is 224 g/mol. The van der Waals surface area contributed by atoms with Crippen LogP contribution in [0.4, 0.5) is 0 Å². The highest BCUT2D eigenvalue weighted by Crippen LogP contribution is 2.15. The van der Waals surface area contributed by atoms with Gasteiger partial charge < -0.3 is 5.32 Å². The van der Waals surface area contributed by atoms with Crippen LogP contribution in [0.25, 0.3) is 10.9 Å². The van der Waals surface area contributed by atoms with Gasteiger partial charge in [0.1, 0.15) is 0 Å². The van der Waals surface area contributed by atoms with Crippen molar-refractivity contribution in [2.75, 3.05) is 13.1 Å². The molecule has 0 aliphatic carbocycles. The van der Waals surface area contributed by atoms with Gasteiger partial charge in [-0.1, -0.05) is 32.0 Å². The van der Waals surface area contributed by atoms with E-state index in [1.165, 1.54) is 0 Å². The summed E-state index contributed by atoms with van der Waals surface area (Å²) >= 11 is 0. The lowest BCUT2D eigenvalue weighted by atomic mass is 9.99. The Hall–Kier alpha value is -1.74. The van der Waals surface area contributed by atoms with Crippen LogP contribution in [0.2, 0.25) is 0 Å². The second kappa shape index (κ2) is 5.74. The number of nitrogens with one attached hydrogen (secondary N) is 1. The van der Waals surface area contributed by atoms with Gasteiger partial charge in [-0.15, -0.1) is 0 Å². The highest BCUT2D eigenvalue weighted by Gasteiger charge is 2.15. The van der Waals surface area contributed by atoms with Gasteiger partial charge in [-0.05, 0) is 18.7 Å². The average molecular weight is 242 g/mol. The number of benzene rings is 1. The summed E-state index contributed by atoms with van der Waals surface area (Å²) in [6.45, 7) is 5.57. The summed E-state index contributed by atoms with van der Waals surface area (Å²) in [6, 6.07) is 9.76. The molecule has 0 aliphatic heterocycles. The average Bonchev–Trinajstić information content (AvgIpc) is 2.43. The number of aromatic nitrogens is 1. The van der Waals surface area contributed by atoms with Gasteiger partial charge in [0.2, 0.25) is 0 Å². The van der Waals surface area contributed by atoms with Crippen LogP contribution in [0.15, 0.2) is 36.5 Å². The fourth-order valence-corrected chi connectivity index (χ4v) is 1.94. The van der Waals surface area contributed by atoms with Crippen LogP contribution in [0, 0.1) is 5.92 Å². The number of Topliss-reactive ketones (excluding diaryl/α,β-unsaturated/α-hetero) is 1. The number of nitrogens with zero attached hydrogens (tertiary/aromatic N) is 1. The molecule has 0 bridgehead atoms. The van der Waals surface area contributed by atoms with E-state index in [9.17, 15) is 4.79 Å². The van der Waals surface area contributed by atoms with Crippen LogP contribution in [0.5, 0.6) is 0 Å². The van der Waals surface area contributed by atoms with E-state index in [1.807, 2.05) is 44.2 Å². The quantitative estimate of drug-likeness (QED) is 0.820. The zero-order chi connectivity index (χ0) is 13.0. The number of hydrogen-bond donors (Lipinski definition) is 1. The molecule has 0 aliphatic rings. The first kappa shape index (κ1) is 12.7. The van der Waals surface area contributed by atoms with Crippen LogP contribution in [-0.4, -0.2) is 23.9 Å². The van der Waals surface area contributed by atoms with Gasteiger partial charge in [0.15, 0.2) is 5.78 Å². The number of ketones is 1. The highest BCUT2D eigenvalue weighted by atomic mass is 16.1. The van der Waals surface area contributed by atoms with E-state index in [1.54, 1.807) is 6.20 Å². The first-order valence-corrected chi connectivity index (χ1v) is 6.32. The molecule has 1 unspecified atom stereocenters. The molecule has 1 N–H and O–H groups in total. The lowest BCUT2D eigenvalue weighted by molar-refractivity contribution is 0.0929. The fourth-order valence-electron chi connectivity index (χ4n) is 1.94. The first-order chi connectivity index (χ1) is 8.72. The van der Waals surface area contributed by atoms with Gasteiger partial charge in [-0.25, -0.2) is 0 Å². The fraction of sp³-hybridized carbons (Fsp3) is 0.333. The van der Waals surface area contributed by atoms with Gasteiger partial charge in [0.05, 0.1) is 5.52 Å². The molecule has 2 rings (SSSR count). The molecule has 0 saturated heterocycles. The summed E-state index contributed by atoms with van der Waals surface area (Å²) in [5.41, 5.74) is 1.62. The van der Waals surface area contributed by atoms with Crippen molar-refractivity contribution < 1.29 is 4.79 Å². The topological polar surface area (TPSA) is 42.0 Å². The normalized spacial score (nSPS) is 12.6. The third-order valence-corrected chi connectivity index (χ3v) is 3.02. The maximum absolute atomic E-state index is 12.2. The Morgan fingerprint density at radius 2 is 2.17 bits per heavy atom. The highest BCUT2D eigenvalue weighted by molar-refractivity contribution is 6.00. The monoisotopic (exact) mass is 242 g/mol. The minimum Gasteiger partial charge on any atom is -0.316 e. The van der Waals surface area contributed by atoms with Gasteiger partial charge in [-0.3, -0.25) is 9.78 Å². The van der Waals surface area contributed by atoms with Gasteiger partial charge in [-0.2, -0.15) is 0 Å². The summed E-state index contributed by atoms with van der Waals surface area (Å²) in [6.07, 6.45) is 1.67. The van der Waals surface area contributed by atoms with Crippen molar-refractivity contribution >= 4 is 16.7 Å². The maximum atomic E-state index is 12.2. The number of fused-ring (bicyclic) bond motifs is 1. The summed E-state index contributed by atoms with van der Waals surface area (Å²) in [4.78, 5) is 16.5. The Bertz CT molecular complexity index is 551. The molecule has 0 radical (unpaired) electrons. The number of carbonyl (C=O) groups is 1. The van der Waals surface area contributed by atoms with E-state index in [2.05, 4.69) is 10.3 Å². The Labute approximate surface area is 107 Å². The minimum absolute atomic E-state index is 0.0205. The first-order valence-electron chi connectivity index (χ1n) is 6.32. The van der Waals surface area contributed by atoms with E-state index < -0.39 is 0 Å². The minimum atomic E-state index is -0.0205. The van der Waals surface area contributed by atoms with Crippen molar-refractivity contribution in [1.29, 1.82) is 0 Å². The Kier molecular flexibility index (Phi) is 4.05. The molecule has 1 heterocycles. The third kappa shape index (κ3) is 2.74. The van der Waals surface area contributed by atoms with Crippen molar-refractivity contribution in [3.05, 3.63) is 42.1 Å². The summed E-state index contributed by atoms with van der Waals surface area (Å²) in [7, 11) is 0. The van der Waals surface area contributed by atoms with E-state index in [0.29, 0.717) is 12.1 Å². The molecule has 3 heteroatoms. The van der Waals surface area contributed by atoms with E-state index in [0.717, 1.165) is 17.4 Å². The SMILES string of the molecule is CCNCC(C)C(=O)c1cnc2ccccc2c1. The smallest absolute Gasteiger partial charge is 0.168 e. The molecule has 18 heavy (non-hydrogen) atoms. The van der Waals surface area contributed by atoms with E-state index in [4.69, 9.17) is 0 Å². The third-order valence-electron chi connectivity index (χ3n) is 3.02. The second-order valence-electron chi connectivity index (χ2n) is 4.49. The van der Waals surface area contributed by atoms with E-state index in [-0.39, 0.29) is 11.7 Å². The van der Waals surface area contributed by atoms with Crippen molar-refractivity contribution in [3.63, 3.8) is 0 Å². The van der Waals surface area contributed by atoms with E-state index >= 15 is 0 Å². The summed E-state index contributed by atoms with van der Waals surface area (Å²) in [5.74, 6) is 0.127. The molecule has 94 valence electrons. The lowest BCUT2D eigenvalue weighted by Crippen LogP contribution is -2.26. The molecule has 1 aromatic carbocycles. The molecule has 3 nitrogen and oxygen atoms in total. The second-order valence-corrected chi connectivity index (χ2v) is 4.49. The van der Waals surface area contributed by atoms with Gasteiger partial charge in [0, 0.05) is 29.6 Å². The number of hydrogen-bond acceptors (Lipinski definition) is 3. The number of rotatable bonds is 5.